The molecule has 0 aliphatic carbocycles. The summed E-state index contributed by atoms with van der Waals surface area (Å²) in [6.07, 6.45) is 2.85. The fraction of sp³-hybridized carbons (Fsp3) is 0.571. The first-order valence-electron chi connectivity index (χ1n) is 6.24. The van der Waals surface area contributed by atoms with Crippen LogP contribution < -0.4 is 10.1 Å². The lowest BCUT2D eigenvalue weighted by Gasteiger charge is -2.15. The van der Waals surface area contributed by atoms with Crippen molar-refractivity contribution in [1.29, 1.82) is 0 Å². The highest BCUT2D eigenvalue weighted by molar-refractivity contribution is 5.33. The smallest absolute Gasteiger partial charge is 0.122 e. The number of rotatable bonds is 8. The van der Waals surface area contributed by atoms with Gasteiger partial charge >= 0.3 is 0 Å². The molecule has 1 atom stereocenters. The van der Waals surface area contributed by atoms with E-state index in [1.54, 1.807) is 7.11 Å². The van der Waals surface area contributed by atoms with Crippen molar-refractivity contribution in [2.75, 3.05) is 20.3 Å². The highest BCUT2D eigenvalue weighted by Crippen LogP contribution is 2.18. The van der Waals surface area contributed by atoms with Gasteiger partial charge in [-0.3, -0.25) is 0 Å². The summed E-state index contributed by atoms with van der Waals surface area (Å²) in [5, 5.41) is 12.1. The van der Waals surface area contributed by atoms with Crippen LogP contribution in [-0.2, 0) is 6.42 Å². The second-order valence-electron chi connectivity index (χ2n) is 4.30. The number of aliphatic hydroxyl groups is 1. The number of ether oxygens (including phenoxy) is 1. The third-order valence-electron chi connectivity index (χ3n) is 2.80. The van der Waals surface area contributed by atoms with Gasteiger partial charge in [-0.25, -0.2) is 0 Å². The third kappa shape index (κ3) is 5.20. The molecule has 0 aliphatic heterocycles. The van der Waals surface area contributed by atoms with E-state index < -0.39 is 0 Å². The Labute approximate surface area is 104 Å². The molecule has 0 aromatic heterocycles. The predicted molar refractivity (Wildman–Crippen MR) is 70.5 cm³/mol. The van der Waals surface area contributed by atoms with Crippen LogP contribution in [0, 0.1) is 0 Å². The largest absolute Gasteiger partial charge is 0.496 e. The van der Waals surface area contributed by atoms with E-state index in [9.17, 15) is 0 Å². The average molecular weight is 237 g/mol. The zero-order valence-corrected chi connectivity index (χ0v) is 10.8. The number of aliphatic hydroxyl groups excluding tert-OH is 1. The zero-order chi connectivity index (χ0) is 12.5. The Morgan fingerprint density at radius 3 is 2.76 bits per heavy atom. The van der Waals surface area contributed by atoms with Gasteiger partial charge in [-0.05, 0) is 44.4 Å². The van der Waals surface area contributed by atoms with Gasteiger partial charge in [-0.15, -0.1) is 0 Å². The zero-order valence-electron chi connectivity index (χ0n) is 10.8. The molecule has 0 saturated heterocycles. The van der Waals surface area contributed by atoms with Crippen molar-refractivity contribution in [1.82, 2.24) is 5.32 Å². The van der Waals surface area contributed by atoms with Gasteiger partial charge in [0.2, 0.25) is 0 Å². The standard InChI is InChI=1S/C14H23NO2/c1-12(15-9-5-6-10-16)11-13-7-3-4-8-14(13)17-2/h3-4,7-8,12,15-16H,5-6,9-11H2,1-2H3. The molecule has 1 unspecified atom stereocenters. The Kier molecular flexibility index (Phi) is 6.67. The normalized spacial score (nSPS) is 12.4. The maximum Gasteiger partial charge on any atom is 0.122 e. The minimum absolute atomic E-state index is 0.280. The molecular weight excluding hydrogens is 214 g/mol. The van der Waals surface area contributed by atoms with Crippen LogP contribution in [0.5, 0.6) is 5.75 Å². The van der Waals surface area contributed by atoms with E-state index in [2.05, 4.69) is 18.3 Å². The fourth-order valence-corrected chi connectivity index (χ4v) is 1.86. The van der Waals surface area contributed by atoms with E-state index in [1.165, 1.54) is 5.56 Å². The molecule has 0 amide bonds. The van der Waals surface area contributed by atoms with Crippen molar-refractivity contribution in [3.63, 3.8) is 0 Å². The maximum absolute atomic E-state index is 8.69. The van der Waals surface area contributed by atoms with Crippen LogP contribution in [0.1, 0.15) is 25.3 Å². The van der Waals surface area contributed by atoms with Gasteiger partial charge in [0.15, 0.2) is 0 Å². The third-order valence-corrected chi connectivity index (χ3v) is 2.80. The number of unbranched alkanes of at least 4 members (excludes halogenated alkanes) is 1. The van der Waals surface area contributed by atoms with Crippen LogP contribution >= 0.6 is 0 Å². The van der Waals surface area contributed by atoms with E-state index in [1.807, 2.05) is 18.2 Å². The second-order valence-corrected chi connectivity index (χ2v) is 4.30. The molecular formula is C14H23NO2. The molecule has 2 N–H and O–H groups in total. The summed E-state index contributed by atoms with van der Waals surface area (Å²) in [7, 11) is 1.71. The van der Waals surface area contributed by atoms with Crippen molar-refractivity contribution in [3.05, 3.63) is 29.8 Å². The van der Waals surface area contributed by atoms with Gasteiger partial charge in [-0.1, -0.05) is 18.2 Å². The number of para-hydroxylation sites is 1. The fourth-order valence-electron chi connectivity index (χ4n) is 1.86. The minimum Gasteiger partial charge on any atom is -0.496 e. The topological polar surface area (TPSA) is 41.5 Å². The summed E-state index contributed by atoms with van der Waals surface area (Å²) in [4.78, 5) is 0. The molecule has 0 radical (unpaired) electrons. The second kappa shape index (κ2) is 8.09. The Balaban J connectivity index is 2.36. The summed E-state index contributed by atoms with van der Waals surface area (Å²) in [6, 6.07) is 8.54. The molecule has 0 spiro atoms. The Bertz CT molecular complexity index is 315. The molecule has 1 aromatic carbocycles. The highest BCUT2D eigenvalue weighted by atomic mass is 16.5. The molecule has 0 bridgehead atoms. The summed E-state index contributed by atoms with van der Waals surface area (Å²) < 4.78 is 5.33. The lowest BCUT2D eigenvalue weighted by Crippen LogP contribution is -2.29. The van der Waals surface area contributed by atoms with E-state index in [4.69, 9.17) is 9.84 Å². The van der Waals surface area contributed by atoms with Gasteiger partial charge in [0.05, 0.1) is 7.11 Å². The number of hydrogen-bond donors (Lipinski definition) is 2. The van der Waals surface area contributed by atoms with Crippen LogP contribution in [0.3, 0.4) is 0 Å². The van der Waals surface area contributed by atoms with E-state index in [-0.39, 0.29) is 6.61 Å². The lowest BCUT2D eigenvalue weighted by molar-refractivity contribution is 0.282. The van der Waals surface area contributed by atoms with Crippen LogP contribution in [0.4, 0.5) is 0 Å². The molecule has 3 heteroatoms. The SMILES string of the molecule is COc1ccccc1CC(C)NCCCCO. The number of nitrogens with one attached hydrogen (secondary N) is 1. The quantitative estimate of drug-likeness (QED) is 0.679. The number of hydrogen-bond acceptors (Lipinski definition) is 3. The highest BCUT2D eigenvalue weighted by Gasteiger charge is 2.06. The van der Waals surface area contributed by atoms with Crippen molar-refractivity contribution in [3.8, 4) is 5.75 Å². The average Bonchev–Trinajstić information content (AvgIpc) is 2.35. The first-order chi connectivity index (χ1) is 8.27. The number of methoxy groups -OCH3 is 1. The van der Waals surface area contributed by atoms with E-state index in [0.29, 0.717) is 6.04 Å². The molecule has 17 heavy (non-hydrogen) atoms. The van der Waals surface area contributed by atoms with Crippen molar-refractivity contribution in [2.45, 2.75) is 32.2 Å². The van der Waals surface area contributed by atoms with Crippen LogP contribution in [0.2, 0.25) is 0 Å². The van der Waals surface area contributed by atoms with Gasteiger partial charge < -0.3 is 15.2 Å². The molecule has 0 heterocycles. The Hall–Kier alpha value is -1.06. The summed E-state index contributed by atoms with van der Waals surface area (Å²) in [6.45, 7) is 3.41. The molecule has 1 rings (SSSR count). The van der Waals surface area contributed by atoms with Gasteiger partial charge in [0, 0.05) is 12.6 Å². The van der Waals surface area contributed by atoms with Crippen molar-refractivity contribution >= 4 is 0 Å². The van der Waals surface area contributed by atoms with Crippen LogP contribution in [-0.4, -0.2) is 31.4 Å². The molecule has 0 saturated carbocycles. The van der Waals surface area contributed by atoms with Crippen molar-refractivity contribution < 1.29 is 9.84 Å². The van der Waals surface area contributed by atoms with Crippen LogP contribution in [0.25, 0.3) is 0 Å². The summed E-state index contributed by atoms with van der Waals surface area (Å²) >= 11 is 0. The maximum atomic E-state index is 8.69. The van der Waals surface area contributed by atoms with Crippen LogP contribution in [0.15, 0.2) is 24.3 Å². The molecule has 96 valence electrons. The summed E-state index contributed by atoms with van der Waals surface area (Å²) in [5.41, 5.74) is 1.23. The molecule has 1 aromatic rings. The Morgan fingerprint density at radius 2 is 2.06 bits per heavy atom. The van der Waals surface area contributed by atoms with Crippen molar-refractivity contribution in [2.24, 2.45) is 0 Å². The van der Waals surface area contributed by atoms with Gasteiger partial charge in [0.25, 0.3) is 0 Å². The lowest BCUT2D eigenvalue weighted by atomic mass is 10.1. The summed E-state index contributed by atoms with van der Waals surface area (Å²) in [5.74, 6) is 0.955. The predicted octanol–water partition coefficient (Wildman–Crippen LogP) is 1.99. The first-order valence-corrected chi connectivity index (χ1v) is 6.24. The van der Waals surface area contributed by atoms with Gasteiger partial charge in [-0.2, -0.15) is 0 Å². The monoisotopic (exact) mass is 237 g/mol. The minimum atomic E-state index is 0.280. The molecule has 3 nitrogen and oxygen atoms in total. The number of benzene rings is 1. The van der Waals surface area contributed by atoms with E-state index >= 15 is 0 Å². The molecule has 0 aliphatic rings. The molecule has 0 fully saturated rings. The Morgan fingerprint density at radius 1 is 1.29 bits per heavy atom. The van der Waals surface area contributed by atoms with Gasteiger partial charge in [0.1, 0.15) is 5.75 Å². The van der Waals surface area contributed by atoms with E-state index in [0.717, 1.165) is 31.6 Å². The first kappa shape index (κ1) is 14.0.